The molecule has 1 N–H and O–H groups in total. The van der Waals surface area contributed by atoms with Crippen molar-refractivity contribution in [2.24, 2.45) is 10.4 Å². The van der Waals surface area contributed by atoms with Crippen LogP contribution in [-0.4, -0.2) is 35.6 Å². The van der Waals surface area contributed by atoms with Gasteiger partial charge in [0.05, 0.1) is 18.4 Å². The van der Waals surface area contributed by atoms with Crippen molar-refractivity contribution in [3.05, 3.63) is 89.9 Å². The van der Waals surface area contributed by atoms with Gasteiger partial charge in [-0.15, -0.1) is 0 Å². The Labute approximate surface area is 194 Å². The molecule has 0 radical (unpaired) electrons. The lowest BCUT2D eigenvalue weighted by atomic mass is 9.88. The van der Waals surface area contributed by atoms with Gasteiger partial charge in [0.1, 0.15) is 5.75 Å². The van der Waals surface area contributed by atoms with Gasteiger partial charge in [-0.05, 0) is 55.3 Å². The summed E-state index contributed by atoms with van der Waals surface area (Å²) < 4.78 is 7.02. The van der Waals surface area contributed by atoms with Crippen LogP contribution in [0.2, 0.25) is 0 Å². The van der Waals surface area contributed by atoms with E-state index in [1.54, 1.807) is 24.1 Å². The van der Waals surface area contributed by atoms with Crippen molar-refractivity contribution < 1.29 is 9.53 Å². The van der Waals surface area contributed by atoms with Gasteiger partial charge in [0.15, 0.2) is 0 Å². The molecule has 4 rings (SSSR count). The van der Waals surface area contributed by atoms with Gasteiger partial charge < -0.3 is 10.1 Å². The number of carbonyl (C=O) groups excluding carboxylic acids is 1. The molecule has 0 fully saturated rings. The first-order valence-corrected chi connectivity index (χ1v) is 10.9. The van der Waals surface area contributed by atoms with Crippen molar-refractivity contribution in [3.8, 4) is 23.3 Å². The summed E-state index contributed by atoms with van der Waals surface area (Å²) in [5.41, 5.74) is 2.91. The van der Waals surface area contributed by atoms with E-state index in [0.29, 0.717) is 17.7 Å². The number of benzene rings is 2. The summed E-state index contributed by atoms with van der Waals surface area (Å²) in [6.45, 7) is 2.74. The molecule has 1 aliphatic rings. The molecular formula is C27H26N4O2. The number of methoxy groups -OCH3 is 1. The van der Waals surface area contributed by atoms with Gasteiger partial charge in [0.25, 0.3) is 5.91 Å². The van der Waals surface area contributed by atoms with E-state index in [-0.39, 0.29) is 11.3 Å². The van der Waals surface area contributed by atoms with Crippen molar-refractivity contribution in [2.75, 3.05) is 13.7 Å². The first-order chi connectivity index (χ1) is 16.1. The van der Waals surface area contributed by atoms with Crippen LogP contribution in [0.5, 0.6) is 5.75 Å². The van der Waals surface area contributed by atoms with E-state index in [0.717, 1.165) is 29.8 Å². The molecule has 33 heavy (non-hydrogen) atoms. The highest BCUT2D eigenvalue weighted by molar-refractivity contribution is 5.95. The number of nitrogens with zero attached hydrogens (tertiary/aromatic N) is 3. The highest BCUT2D eigenvalue weighted by Gasteiger charge is 2.20. The maximum absolute atomic E-state index is 12.8. The van der Waals surface area contributed by atoms with Gasteiger partial charge in [0.2, 0.25) is 0 Å². The number of hydrogen-bond donors (Lipinski definition) is 1. The zero-order valence-electron chi connectivity index (χ0n) is 18.8. The Morgan fingerprint density at radius 3 is 2.85 bits per heavy atom. The van der Waals surface area contributed by atoms with Gasteiger partial charge in [-0.25, -0.2) is 4.68 Å². The van der Waals surface area contributed by atoms with Gasteiger partial charge in [-0.1, -0.05) is 30.9 Å². The lowest BCUT2D eigenvalue weighted by Crippen LogP contribution is -2.26. The number of ether oxygens (including phenoxy) is 1. The van der Waals surface area contributed by atoms with Crippen LogP contribution < -0.4 is 10.1 Å². The van der Waals surface area contributed by atoms with Crippen LogP contribution in [0.4, 0.5) is 0 Å². The second-order valence-electron chi connectivity index (χ2n) is 8.12. The zero-order valence-corrected chi connectivity index (χ0v) is 18.8. The lowest BCUT2D eigenvalue weighted by molar-refractivity contribution is 0.0952. The number of rotatable bonds is 7. The SMILES string of the molecule is COc1cccc(C#Cc2cc(C(=O)NCCCC3(C)C=CN=C3)ccc2-n2cccn2)c1. The van der Waals surface area contributed by atoms with Crippen LogP contribution in [0.3, 0.4) is 0 Å². The second-order valence-corrected chi connectivity index (χ2v) is 8.12. The van der Waals surface area contributed by atoms with Crippen LogP contribution in [0.25, 0.3) is 5.69 Å². The summed E-state index contributed by atoms with van der Waals surface area (Å²) in [4.78, 5) is 17.0. The third-order valence-corrected chi connectivity index (χ3v) is 5.51. The van der Waals surface area contributed by atoms with Crippen LogP contribution in [-0.2, 0) is 0 Å². The van der Waals surface area contributed by atoms with Crippen molar-refractivity contribution >= 4 is 12.1 Å². The predicted molar refractivity (Wildman–Crippen MR) is 130 cm³/mol. The smallest absolute Gasteiger partial charge is 0.251 e. The van der Waals surface area contributed by atoms with Crippen molar-refractivity contribution in [1.29, 1.82) is 0 Å². The fourth-order valence-electron chi connectivity index (χ4n) is 3.62. The van der Waals surface area contributed by atoms with Crippen LogP contribution in [0.1, 0.15) is 41.3 Å². The summed E-state index contributed by atoms with van der Waals surface area (Å²) >= 11 is 0. The summed E-state index contributed by atoms with van der Waals surface area (Å²) in [5, 5.41) is 7.34. The zero-order chi connectivity index (χ0) is 23.1. The minimum absolute atomic E-state index is 0.0149. The third kappa shape index (κ3) is 5.58. The molecule has 1 unspecified atom stereocenters. The Morgan fingerprint density at radius 2 is 2.09 bits per heavy atom. The maximum atomic E-state index is 12.8. The van der Waals surface area contributed by atoms with Gasteiger partial charge in [0, 0.05) is 47.9 Å². The third-order valence-electron chi connectivity index (χ3n) is 5.51. The van der Waals surface area contributed by atoms with E-state index in [1.807, 2.05) is 61.1 Å². The number of allylic oxidation sites excluding steroid dienone is 1. The van der Waals surface area contributed by atoms with E-state index in [1.165, 1.54) is 0 Å². The Hall–Kier alpha value is -4.11. The summed E-state index contributed by atoms with van der Waals surface area (Å²) in [6, 6.07) is 14.9. The fourth-order valence-corrected chi connectivity index (χ4v) is 3.62. The quantitative estimate of drug-likeness (QED) is 0.439. The average Bonchev–Trinajstić information content (AvgIpc) is 3.53. The number of carbonyl (C=O) groups is 1. The molecule has 6 heteroatoms. The first-order valence-electron chi connectivity index (χ1n) is 10.9. The van der Waals surface area contributed by atoms with Gasteiger partial charge in [-0.3, -0.25) is 9.79 Å². The fraction of sp³-hybridized carbons (Fsp3) is 0.222. The van der Waals surface area contributed by atoms with Gasteiger partial charge in [-0.2, -0.15) is 5.10 Å². The molecule has 3 aromatic rings. The van der Waals surface area contributed by atoms with E-state index in [4.69, 9.17) is 4.74 Å². The van der Waals surface area contributed by atoms with E-state index >= 15 is 0 Å². The highest BCUT2D eigenvalue weighted by atomic mass is 16.5. The molecular weight excluding hydrogens is 412 g/mol. The summed E-state index contributed by atoms with van der Waals surface area (Å²) in [7, 11) is 1.63. The molecule has 1 aliphatic heterocycles. The molecule has 2 aromatic carbocycles. The van der Waals surface area contributed by atoms with Gasteiger partial charge >= 0.3 is 0 Å². The molecule has 1 aromatic heterocycles. The Kier molecular flexibility index (Phi) is 6.70. The number of nitrogens with one attached hydrogen (secondary N) is 1. The number of hydrogen-bond acceptors (Lipinski definition) is 4. The number of aromatic nitrogens is 2. The Bertz CT molecular complexity index is 1230. The molecule has 0 bridgehead atoms. The summed E-state index contributed by atoms with van der Waals surface area (Å²) in [5.74, 6) is 7.00. The second kappa shape index (κ2) is 10.0. The summed E-state index contributed by atoms with van der Waals surface area (Å²) in [6.07, 6.45) is 11.2. The van der Waals surface area contributed by atoms with Crippen molar-refractivity contribution in [1.82, 2.24) is 15.1 Å². The Morgan fingerprint density at radius 1 is 1.18 bits per heavy atom. The van der Waals surface area contributed by atoms with E-state index in [2.05, 4.69) is 40.2 Å². The topological polar surface area (TPSA) is 68.5 Å². The van der Waals surface area contributed by atoms with Crippen LogP contribution in [0, 0.1) is 17.3 Å². The molecule has 0 saturated carbocycles. The minimum Gasteiger partial charge on any atom is -0.497 e. The molecule has 166 valence electrons. The van der Waals surface area contributed by atoms with Crippen LogP contribution in [0.15, 0.2) is 78.2 Å². The molecule has 2 heterocycles. The average molecular weight is 439 g/mol. The molecule has 0 aliphatic carbocycles. The van der Waals surface area contributed by atoms with Crippen molar-refractivity contribution in [2.45, 2.75) is 19.8 Å². The van der Waals surface area contributed by atoms with Crippen molar-refractivity contribution in [3.63, 3.8) is 0 Å². The first kappa shape index (κ1) is 22.1. The molecule has 0 spiro atoms. The molecule has 0 saturated heterocycles. The molecule has 6 nitrogen and oxygen atoms in total. The largest absolute Gasteiger partial charge is 0.497 e. The van der Waals surface area contributed by atoms with E-state index in [9.17, 15) is 4.79 Å². The lowest BCUT2D eigenvalue weighted by Gasteiger charge is -2.17. The minimum atomic E-state index is -0.118. The number of aliphatic imine (C=N–C) groups is 1. The maximum Gasteiger partial charge on any atom is 0.251 e. The standard InChI is InChI=1S/C27H26N4O2/c1-27(13-16-28-20-27)12-4-14-29-26(32)23-10-11-25(31-17-5-15-30-31)22(19-23)9-8-21-6-3-7-24(18-21)33-2/h3,5-7,10-11,13,15-20H,4,12,14H2,1-2H3,(H,29,32). The molecule has 1 atom stereocenters. The van der Waals surface area contributed by atoms with Crippen LogP contribution >= 0.6 is 0 Å². The highest BCUT2D eigenvalue weighted by Crippen LogP contribution is 2.26. The predicted octanol–water partition coefficient (Wildman–Crippen LogP) is 4.40. The normalized spacial score (nSPS) is 16.3. The van der Waals surface area contributed by atoms with E-state index < -0.39 is 0 Å². The number of amides is 1. The molecule has 1 amide bonds. The monoisotopic (exact) mass is 438 g/mol. The Balaban J connectivity index is 1.51.